The van der Waals surface area contributed by atoms with Gasteiger partial charge in [-0.15, -0.1) is 0 Å². The van der Waals surface area contributed by atoms with Gasteiger partial charge in [0.2, 0.25) is 0 Å². The molecule has 0 saturated carbocycles. The number of nitrogens with one attached hydrogen (secondary N) is 1. The fraction of sp³-hybridized carbons (Fsp3) is 0.261. The molecule has 28 heavy (non-hydrogen) atoms. The Balaban J connectivity index is 1.50. The number of hydrogen-bond acceptors (Lipinski definition) is 4. The van der Waals surface area contributed by atoms with E-state index < -0.39 is 0 Å². The van der Waals surface area contributed by atoms with Crippen LogP contribution in [-0.4, -0.2) is 31.9 Å². The van der Waals surface area contributed by atoms with Gasteiger partial charge < -0.3 is 4.98 Å². The van der Waals surface area contributed by atoms with Crippen molar-refractivity contribution >= 4 is 27.7 Å². The van der Waals surface area contributed by atoms with E-state index in [0.29, 0.717) is 0 Å². The summed E-state index contributed by atoms with van der Waals surface area (Å²) in [6, 6.07) is 16.9. The van der Waals surface area contributed by atoms with Crippen molar-refractivity contribution in [3.8, 4) is 0 Å². The minimum atomic E-state index is 0.157. The molecule has 1 aromatic heterocycles. The van der Waals surface area contributed by atoms with Crippen LogP contribution in [0.25, 0.3) is 15.9 Å². The van der Waals surface area contributed by atoms with Gasteiger partial charge in [-0.05, 0) is 37.5 Å². The van der Waals surface area contributed by atoms with Gasteiger partial charge in [-0.25, -0.2) is 9.99 Å². The molecular weight excluding hydrogens is 364 g/mol. The number of fused-ring (bicyclic) bond motifs is 1. The van der Waals surface area contributed by atoms with E-state index in [9.17, 15) is 0 Å². The Morgan fingerprint density at radius 2 is 2.00 bits per heavy atom. The molecule has 2 aliphatic rings. The van der Waals surface area contributed by atoms with Gasteiger partial charge in [-0.2, -0.15) is 0 Å². The number of H-pyrrole nitrogens is 1. The van der Waals surface area contributed by atoms with E-state index in [2.05, 4.69) is 90.2 Å². The smallest absolute Gasteiger partial charge is 0.126 e. The number of aryl methyl sites for hydroxylation is 1. The highest BCUT2D eigenvalue weighted by Crippen LogP contribution is 2.44. The van der Waals surface area contributed by atoms with Gasteiger partial charge in [0, 0.05) is 11.4 Å². The van der Waals surface area contributed by atoms with Gasteiger partial charge in [-0.3, -0.25) is 5.01 Å². The normalized spacial score (nSPS) is 23.0. The number of thioether (sulfide) groups is 1. The largest absolute Gasteiger partial charge is 0.341 e. The number of nitrogens with zero attached hydrogens (tertiary/aromatic N) is 3. The Kier molecular flexibility index (Phi) is 4.29. The first-order valence-corrected chi connectivity index (χ1v) is 10.5. The standard InChI is InChI=1S/C23H23N4S/c1-15-12-20(23-24-19-11-7-8-16(2)22(19)25-23)27(13-15)26-14-21(28-17(26)3)18-9-5-4-6-10-18/h4-11,17,20H,1,12-13H2,2-3H3,(H,24,25)/t17?,20-/m0/s1. The summed E-state index contributed by atoms with van der Waals surface area (Å²) in [4.78, 5) is 9.68. The van der Waals surface area contributed by atoms with Crippen LogP contribution in [0.15, 0.2) is 60.7 Å². The number of hydrogen-bond donors (Lipinski definition) is 1. The quantitative estimate of drug-likeness (QED) is 0.620. The van der Waals surface area contributed by atoms with E-state index in [4.69, 9.17) is 4.98 Å². The van der Waals surface area contributed by atoms with Crippen molar-refractivity contribution in [2.75, 3.05) is 6.54 Å². The van der Waals surface area contributed by atoms with Gasteiger partial charge >= 0.3 is 0 Å². The summed E-state index contributed by atoms with van der Waals surface area (Å²) in [5.41, 5.74) is 5.81. The predicted molar refractivity (Wildman–Crippen MR) is 116 cm³/mol. The van der Waals surface area contributed by atoms with Crippen molar-refractivity contribution in [3.63, 3.8) is 0 Å². The summed E-state index contributed by atoms with van der Waals surface area (Å²) in [6.45, 7) is 9.45. The molecule has 3 heterocycles. The number of benzene rings is 2. The van der Waals surface area contributed by atoms with Crippen LogP contribution in [0.3, 0.4) is 0 Å². The zero-order chi connectivity index (χ0) is 19.3. The molecule has 0 spiro atoms. The molecule has 141 valence electrons. The van der Waals surface area contributed by atoms with E-state index in [-0.39, 0.29) is 11.4 Å². The van der Waals surface area contributed by atoms with Gasteiger partial charge in [0.05, 0.1) is 28.6 Å². The van der Waals surface area contributed by atoms with E-state index in [1.165, 1.54) is 21.6 Å². The summed E-state index contributed by atoms with van der Waals surface area (Å²) in [5, 5.41) is 4.90. The number of rotatable bonds is 3. The summed E-state index contributed by atoms with van der Waals surface area (Å²) >= 11 is 1.85. The van der Waals surface area contributed by atoms with Crippen LogP contribution in [-0.2, 0) is 0 Å². The SMILES string of the molecule is C=C1C[C@@H](c2nc3c(C)cccc3[nH]2)N(N2[C]=C(c3ccccc3)SC2C)C1. The average molecular weight is 388 g/mol. The molecule has 1 saturated heterocycles. The van der Waals surface area contributed by atoms with Gasteiger partial charge in [0.15, 0.2) is 0 Å². The van der Waals surface area contributed by atoms with Crippen molar-refractivity contribution in [2.24, 2.45) is 0 Å². The molecule has 5 rings (SSSR count). The molecular formula is C23H23N4S. The van der Waals surface area contributed by atoms with Crippen LogP contribution in [0.2, 0.25) is 0 Å². The Bertz CT molecular complexity index is 1070. The lowest BCUT2D eigenvalue weighted by Crippen LogP contribution is -2.41. The molecule has 3 aromatic rings. The number of imidazole rings is 1. The second-order valence-corrected chi connectivity index (χ2v) is 8.86. The maximum atomic E-state index is 4.95. The van der Waals surface area contributed by atoms with Crippen LogP contribution < -0.4 is 0 Å². The lowest BCUT2D eigenvalue weighted by molar-refractivity contribution is -0.00383. The molecule has 0 amide bonds. The zero-order valence-electron chi connectivity index (χ0n) is 16.1. The van der Waals surface area contributed by atoms with E-state index in [1.54, 1.807) is 0 Å². The number of aromatic amines is 1. The molecule has 1 radical (unpaired) electrons. The molecule has 1 N–H and O–H groups in total. The summed E-state index contributed by atoms with van der Waals surface area (Å²) < 4.78 is 0. The highest BCUT2D eigenvalue weighted by molar-refractivity contribution is 8.09. The molecule has 4 nitrogen and oxygen atoms in total. The molecule has 2 aliphatic heterocycles. The van der Waals surface area contributed by atoms with Crippen molar-refractivity contribution in [2.45, 2.75) is 31.7 Å². The Morgan fingerprint density at radius 1 is 1.18 bits per heavy atom. The van der Waals surface area contributed by atoms with E-state index in [0.717, 1.165) is 29.8 Å². The number of para-hydroxylation sites is 1. The van der Waals surface area contributed by atoms with Crippen molar-refractivity contribution in [1.82, 2.24) is 20.0 Å². The third-order valence-electron chi connectivity index (χ3n) is 5.44. The first kappa shape index (κ1) is 17.6. The second kappa shape index (κ2) is 6.83. The third-order valence-corrected chi connectivity index (χ3v) is 6.54. The third kappa shape index (κ3) is 2.95. The Hall–Kier alpha value is -2.50. The molecule has 0 bridgehead atoms. The van der Waals surface area contributed by atoms with Crippen LogP contribution in [0, 0.1) is 13.1 Å². The fourth-order valence-corrected chi connectivity index (χ4v) is 5.07. The number of hydrazine groups is 1. The van der Waals surface area contributed by atoms with Gasteiger partial charge in [0.25, 0.3) is 0 Å². The van der Waals surface area contributed by atoms with Crippen molar-refractivity contribution < 1.29 is 0 Å². The lowest BCUT2D eigenvalue weighted by atomic mass is 10.2. The zero-order valence-corrected chi connectivity index (χ0v) is 17.0. The molecule has 2 aromatic carbocycles. The topological polar surface area (TPSA) is 35.2 Å². The van der Waals surface area contributed by atoms with Gasteiger partial charge in [-0.1, -0.05) is 66.4 Å². The molecule has 2 atom stereocenters. The Morgan fingerprint density at radius 3 is 2.79 bits per heavy atom. The van der Waals surface area contributed by atoms with Crippen LogP contribution >= 0.6 is 11.8 Å². The summed E-state index contributed by atoms with van der Waals surface area (Å²) in [7, 11) is 0. The fourth-order valence-electron chi connectivity index (χ4n) is 4.04. The summed E-state index contributed by atoms with van der Waals surface area (Å²) in [5.74, 6) is 1.01. The predicted octanol–water partition coefficient (Wildman–Crippen LogP) is 5.29. The second-order valence-electron chi connectivity index (χ2n) is 7.53. The molecule has 5 heteroatoms. The first-order chi connectivity index (χ1) is 13.6. The van der Waals surface area contributed by atoms with Crippen LogP contribution in [0.5, 0.6) is 0 Å². The summed E-state index contributed by atoms with van der Waals surface area (Å²) in [6.07, 6.45) is 4.53. The monoisotopic (exact) mass is 387 g/mol. The van der Waals surface area contributed by atoms with Crippen LogP contribution in [0.1, 0.15) is 36.3 Å². The van der Waals surface area contributed by atoms with Crippen molar-refractivity contribution in [3.05, 3.63) is 83.8 Å². The average Bonchev–Trinajstić information content (AvgIpc) is 3.39. The Labute approximate surface area is 169 Å². The van der Waals surface area contributed by atoms with Gasteiger partial charge in [0.1, 0.15) is 5.82 Å². The highest BCUT2D eigenvalue weighted by atomic mass is 32.2. The maximum Gasteiger partial charge on any atom is 0.126 e. The maximum absolute atomic E-state index is 4.95. The number of aromatic nitrogens is 2. The van der Waals surface area contributed by atoms with E-state index >= 15 is 0 Å². The minimum absolute atomic E-state index is 0.157. The van der Waals surface area contributed by atoms with E-state index in [1.807, 2.05) is 11.8 Å². The molecule has 0 aliphatic carbocycles. The van der Waals surface area contributed by atoms with Crippen LogP contribution in [0.4, 0.5) is 0 Å². The highest BCUT2D eigenvalue weighted by Gasteiger charge is 2.38. The van der Waals surface area contributed by atoms with Crippen molar-refractivity contribution in [1.29, 1.82) is 0 Å². The minimum Gasteiger partial charge on any atom is -0.341 e. The lowest BCUT2D eigenvalue weighted by Gasteiger charge is -2.34. The first-order valence-electron chi connectivity index (χ1n) is 9.63. The molecule has 1 fully saturated rings. The molecule has 1 unspecified atom stereocenters.